The van der Waals surface area contributed by atoms with Crippen molar-refractivity contribution in [2.24, 2.45) is 5.41 Å². The summed E-state index contributed by atoms with van der Waals surface area (Å²) in [7, 11) is 3.78. The molecule has 1 heterocycles. The van der Waals surface area contributed by atoms with Gasteiger partial charge in [0.05, 0.1) is 39.5 Å². The molecule has 0 saturated carbocycles. The van der Waals surface area contributed by atoms with Crippen molar-refractivity contribution in [3.8, 4) is 0 Å². The quantitative estimate of drug-likeness (QED) is 0.194. The zero-order chi connectivity index (χ0) is 26.7. The third-order valence-electron chi connectivity index (χ3n) is 5.56. The molecule has 11 heteroatoms. The van der Waals surface area contributed by atoms with Gasteiger partial charge in [-0.15, -0.1) is 0 Å². The average molecular weight is 508 g/mol. The normalized spacial score (nSPS) is 12.4. The second-order valence-electron chi connectivity index (χ2n) is 9.26. The monoisotopic (exact) mass is 507 g/mol. The van der Waals surface area contributed by atoms with Crippen LogP contribution in [0.5, 0.6) is 0 Å². The summed E-state index contributed by atoms with van der Waals surface area (Å²) in [6.07, 6.45) is -1.27. The minimum absolute atomic E-state index is 0.0441. The van der Waals surface area contributed by atoms with Gasteiger partial charge in [-0.1, -0.05) is 13.8 Å². The van der Waals surface area contributed by atoms with Gasteiger partial charge in [0.15, 0.2) is 0 Å². The molecule has 1 aromatic carbocycles. The molecule has 4 N–H and O–H groups in total. The number of aliphatic hydroxyl groups excluding tert-OH is 2. The molecule has 0 radical (unpaired) electrons. The zero-order valence-electron chi connectivity index (χ0n) is 21.3. The number of fused-ring (bicyclic) bond motifs is 1. The van der Waals surface area contributed by atoms with Gasteiger partial charge < -0.3 is 39.6 Å². The van der Waals surface area contributed by atoms with Gasteiger partial charge in [0.25, 0.3) is 0 Å². The van der Waals surface area contributed by atoms with Crippen LogP contribution in [-0.2, 0) is 25.5 Å². The molecule has 0 aliphatic heterocycles. The lowest BCUT2D eigenvalue weighted by molar-refractivity contribution is -0.137. The second kappa shape index (κ2) is 13.9. The lowest BCUT2D eigenvalue weighted by Crippen LogP contribution is -2.46. The van der Waals surface area contributed by atoms with Gasteiger partial charge in [0, 0.05) is 55.8 Å². The summed E-state index contributed by atoms with van der Waals surface area (Å²) in [6.45, 7) is 4.54. The third-order valence-corrected chi connectivity index (χ3v) is 5.56. The smallest absolute Gasteiger partial charge is 0.336 e. The predicted molar refractivity (Wildman–Crippen MR) is 135 cm³/mol. The van der Waals surface area contributed by atoms with Crippen LogP contribution in [0.25, 0.3) is 11.0 Å². The first-order chi connectivity index (χ1) is 17.0. The van der Waals surface area contributed by atoms with Crippen LogP contribution in [0.1, 0.15) is 19.4 Å². The van der Waals surface area contributed by atoms with E-state index in [9.17, 15) is 24.6 Å². The second-order valence-corrected chi connectivity index (χ2v) is 9.26. The molecule has 1 atom stereocenters. The molecule has 0 fully saturated rings. The Morgan fingerprint density at radius 1 is 1.06 bits per heavy atom. The van der Waals surface area contributed by atoms with Gasteiger partial charge in [-0.25, -0.2) is 4.79 Å². The van der Waals surface area contributed by atoms with E-state index in [2.05, 4.69) is 10.6 Å². The van der Waals surface area contributed by atoms with Gasteiger partial charge in [-0.05, 0) is 17.7 Å². The average Bonchev–Trinajstić information content (AvgIpc) is 2.83. The molecular formula is C25H37N3O8. The first-order valence-electron chi connectivity index (χ1n) is 11.8. The Balaban J connectivity index is 1.62. The molecule has 36 heavy (non-hydrogen) atoms. The van der Waals surface area contributed by atoms with Gasteiger partial charge in [-0.2, -0.15) is 0 Å². The number of nitrogens with one attached hydrogen (secondary N) is 2. The van der Waals surface area contributed by atoms with E-state index in [0.29, 0.717) is 36.3 Å². The fourth-order valence-electron chi connectivity index (χ4n) is 3.25. The zero-order valence-corrected chi connectivity index (χ0v) is 21.3. The summed E-state index contributed by atoms with van der Waals surface area (Å²) in [5.74, 6) is -0.798. The highest BCUT2D eigenvalue weighted by molar-refractivity contribution is 5.88. The van der Waals surface area contributed by atoms with Gasteiger partial charge in [0.2, 0.25) is 11.8 Å². The van der Waals surface area contributed by atoms with Crippen LogP contribution >= 0.6 is 0 Å². The first kappa shape index (κ1) is 29.2. The maximum Gasteiger partial charge on any atom is 0.336 e. The van der Waals surface area contributed by atoms with Crippen molar-refractivity contribution < 1.29 is 33.7 Å². The molecule has 0 saturated heterocycles. The SMILES string of the molecule is CN(C)c1ccc2c(CC(=O)NCCOCCOCCNC(=O)C(O)C(C)(C)CO)cc(=O)oc2c1. The van der Waals surface area contributed by atoms with E-state index >= 15 is 0 Å². The van der Waals surface area contributed by atoms with E-state index in [1.54, 1.807) is 19.9 Å². The number of hydrogen-bond acceptors (Lipinski definition) is 9. The molecule has 2 amide bonds. The summed E-state index contributed by atoms with van der Waals surface area (Å²) in [5, 5.41) is 25.1. The van der Waals surface area contributed by atoms with Crippen LogP contribution in [0.4, 0.5) is 5.69 Å². The molecule has 0 aliphatic rings. The third kappa shape index (κ3) is 8.90. The van der Waals surface area contributed by atoms with Crippen LogP contribution in [0.15, 0.2) is 33.5 Å². The lowest BCUT2D eigenvalue weighted by atomic mass is 9.87. The van der Waals surface area contributed by atoms with Crippen molar-refractivity contribution in [3.63, 3.8) is 0 Å². The van der Waals surface area contributed by atoms with E-state index in [-0.39, 0.29) is 38.7 Å². The Bertz CT molecular complexity index is 1070. The topological polar surface area (TPSA) is 151 Å². The van der Waals surface area contributed by atoms with Crippen molar-refractivity contribution in [2.75, 3.05) is 65.1 Å². The maximum atomic E-state index is 12.3. The van der Waals surface area contributed by atoms with Gasteiger partial charge in [0.1, 0.15) is 11.7 Å². The Morgan fingerprint density at radius 3 is 2.31 bits per heavy atom. The summed E-state index contributed by atoms with van der Waals surface area (Å²) in [4.78, 5) is 38.0. The number of amides is 2. The van der Waals surface area contributed by atoms with Crippen LogP contribution in [0.2, 0.25) is 0 Å². The number of rotatable bonds is 15. The summed E-state index contributed by atoms with van der Waals surface area (Å²) in [5.41, 5.74) is 0.490. The van der Waals surface area contributed by atoms with Crippen molar-refractivity contribution in [2.45, 2.75) is 26.4 Å². The summed E-state index contributed by atoms with van der Waals surface area (Å²) < 4.78 is 16.1. The van der Waals surface area contributed by atoms with Crippen LogP contribution in [0, 0.1) is 5.41 Å². The van der Waals surface area contributed by atoms with E-state index < -0.39 is 23.1 Å². The van der Waals surface area contributed by atoms with Crippen molar-refractivity contribution in [3.05, 3.63) is 40.2 Å². The number of anilines is 1. The van der Waals surface area contributed by atoms with E-state index in [1.165, 1.54) is 6.07 Å². The van der Waals surface area contributed by atoms with Crippen molar-refractivity contribution in [1.29, 1.82) is 0 Å². The van der Waals surface area contributed by atoms with Crippen LogP contribution in [-0.4, -0.2) is 88.4 Å². The number of aliphatic hydroxyl groups is 2. The molecule has 0 spiro atoms. The molecule has 1 aromatic heterocycles. The molecule has 0 bridgehead atoms. The molecule has 200 valence electrons. The van der Waals surface area contributed by atoms with Gasteiger partial charge >= 0.3 is 5.63 Å². The maximum absolute atomic E-state index is 12.3. The number of carbonyl (C=O) groups excluding carboxylic acids is 2. The highest BCUT2D eigenvalue weighted by Crippen LogP contribution is 2.23. The number of nitrogens with zero attached hydrogens (tertiary/aromatic N) is 1. The number of ether oxygens (including phenoxy) is 2. The van der Waals surface area contributed by atoms with Crippen molar-refractivity contribution in [1.82, 2.24) is 10.6 Å². The molecule has 0 aliphatic carbocycles. The largest absolute Gasteiger partial charge is 0.423 e. The number of hydrogen-bond donors (Lipinski definition) is 4. The molecule has 2 rings (SSSR count). The van der Waals surface area contributed by atoms with E-state index in [1.807, 2.05) is 31.1 Å². The number of carbonyl (C=O) groups is 2. The van der Waals surface area contributed by atoms with E-state index in [4.69, 9.17) is 13.9 Å². The fraction of sp³-hybridized carbons (Fsp3) is 0.560. The Labute approximate surface area is 210 Å². The molecular weight excluding hydrogens is 470 g/mol. The summed E-state index contributed by atoms with van der Waals surface area (Å²) in [6, 6.07) is 6.84. The molecule has 11 nitrogen and oxygen atoms in total. The van der Waals surface area contributed by atoms with Gasteiger partial charge in [-0.3, -0.25) is 9.59 Å². The Hall–Kier alpha value is -2.99. The first-order valence-corrected chi connectivity index (χ1v) is 11.8. The summed E-state index contributed by atoms with van der Waals surface area (Å²) >= 11 is 0. The molecule has 2 aromatic rings. The minimum Gasteiger partial charge on any atom is -0.423 e. The highest BCUT2D eigenvalue weighted by atomic mass is 16.5. The minimum atomic E-state index is -1.31. The van der Waals surface area contributed by atoms with Crippen LogP contribution < -0.4 is 21.2 Å². The van der Waals surface area contributed by atoms with Crippen LogP contribution in [0.3, 0.4) is 0 Å². The number of benzene rings is 1. The molecule has 1 unspecified atom stereocenters. The van der Waals surface area contributed by atoms with E-state index in [0.717, 1.165) is 5.69 Å². The Kier molecular flexibility index (Phi) is 11.3. The standard InChI is InChI=1S/C25H37N3O8/c1-25(2,16-29)23(32)24(33)27-8-10-35-12-11-34-9-7-26-21(30)13-17-14-22(31)36-20-15-18(28(3)4)5-6-19(17)20/h5-6,14-15,23,29,32H,7-13,16H2,1-4H3,(H,26,30)(H,27,33). The fourth-order valence-corrected chi connectivity index (χ4v) is 3.25. The lowest BCUT2D eigenvalue weighted by Gasteiger charge is -2.27. The van der Waals surface area contributed by atoms with Crippen molar-refractivity contribution >= 4 is 28.5 Å². The predicted octanol–water partition coefficient (Wildman–Crippen LogP) is 0.0465. The Morgan fingerprint density at radius 2 is 1.69 bits per heavy atom. The highest BCUT2D eigenvalue weighted by Gasteiger charge is 2.32.